The Bertz CT molecular complexity index is 1350. The number of carbonyl (C=O) groups excluding carboxylic acids is 1. The lowest BCUT2D eigenvalue weighted by Gasteiger charge is -2.35. The second kappa shape index (κ2) is 11.9. The van der Waals surface area contributed by atoms with Crippen LogP contribution in [0.25, 0.3) is 6.08 Å². The molecule has 3 aromatic carbocycles. The van der Waals surface area contributed by atoms with Gasteiger partial charge in [-0.1, -0.05) is 77.8 Å². The number of aryl methyl sites for hydroxylation is 1. The lowest BCUT2D eigenvalue weighted by atomic mass is 10.2. The van der Waals surface area contributed by atoms with E-state index >= 15 is 0 Å². The smallest absolute Gasteiger partial charge is 0.264 e. The maximum atomic E-state index is 13.7. The van der Waals surface area contributed by atoms with Crippen molar-refractivity contribution in [2.45, 2.75) is 18.7 Å². The van der Waals surface area contributed by atoms with Gasteiger partial charge in [0.15, 0.2) is 0 Å². The molecule has 194 valence electrons. The van der Waals surface area contributed by atoms with Crippen LogP contribution in [0, 0.1) is 13.8 Å². The van der Waals surface area contributed by atoms with Gasteiger partial charge in [0, 0.05) is 37.7 Å². The van der Waals surface area contributed by atoms with Gasteiger partial charge in [-0.2, -0.15) is 0 Å². The van der Waals surface area contributed by atoms with E-state index in [0.29, 0.717) is 29.4 Å². The molecule has 1 heterocycles. The molecule has 0 bridgehead atoms. The molecule has 6 nitrogen and oxygen atoms in total. The summed E-state index contributed by atoms with van der Waals surface area (Å²) in [5.41, 5.74) is 3.13. The Morgan fingerprint density at radius 1 is 0.919 bits per heavy atom. The Balaban J connectivity index is 1.46. The van der Waals surface area contributed by atoms with Gasteiger partial charge in [-0.15, -0.1) is 0 Å². The number of anilines is 1. The lowest BCUT2D eigenvalue weighted by Crippen LogP contribution is -2.51. The van der Waals surface area contributed by atoms with E-state index in [-0.39, 0.29) is 17.3 Å². The zero-order valence-corrected chi connectivity index (χ0v) is 22.8. The number of sulfonamides is 1. The second-order valence-corrected chi connectivity index (χ2v) is 11.5. The molecule has 0 atom stereocenters. The molecule has 0 unspecified atom stereocenters. The Labute approximate surface area is 224 Å². The third-order valence-electron chi connectivity index (χ3n) is 6.59. The van der Waals surface area contributed by atoms with Crippen LogP contribution in [0.1, 0.15) is 16.7 Å². The third kappa shape index (κ3) is 6.60. The molecule has 0 radical (unpaired) electrons. The molecule has 1 aliphatic rings. The predicted octanol–water partition coefficient (Wildman–Crippen LogP) is 5.01. The zero-order valence-electron chi connectivity index (χ0n) is 21.2. The number of hydrogen-bond acceptors (Lipinski definition) is 4. The van der Waals surface area contributed by atoms with E-state index in [1.54, 1.807) is 54.3 Å². The summed E-state index contributed by atoms with van der Waals surface area (Å²) in [6.07, 6.45) is 4.23. The number of halogens is 1. The van der Waals surface area contributed by atoms with Gasteiger partial charge in [-0.3, -0.25) is 14.0 Å². The van der Waals surface area contributed by atoms with Crippen molar-refractivity contribution >= 4 is 39.3 Å². The number of piperazine rings is 1. The summed E-state index contributed by atoms with van der Waals surface area (Å²) in [6.45, 7) is 6.72. The van der Waals surface area contributed by atoms with Crippen LogP contribution >= 0.6 is 11.6 Å². The summed E-state index contributed by atoms with van der Waals surface area (Å²) < 4.78 is 28.6. The first-order valence-corrected chi connectivity index (χ1v) is 14.1. The van der Waals surface area contributed by atoms with Gasteiger partial charge in [0.05, 0.1) is 10.6 Å². The van der Waals surface area contributed by atoms with Gasteiger partial charge in [0.2, 0.25) is 5.91 Å². The molecular formula is C29H32ClN3O3S. The largest absolute Gasteiger partial charge is 0.339 e. The highest BCUT2D eigenvalue weighted by Gasteiger charge is 2.31. The number of benzene rings is 3. The van der Waals surface area contributed by atoms with Crippen LogP contribution in [-0.2, 0) is 14.8 Å². The molecule has 3 aromatic rings. The number of amides is 1. The standard InChI is InChI=1S/C29H32ClN3O3S/c1-23-13-15-26(16-14-23)37(35,36)33(28-12-6-11-27(30)24(28)2)22-29(34)32-20-18-31(19-21-32)17-7-10-25-8-4-3-5-9-25/h3-16H,17-22H2,1-2H3/b10-7+. The summed E-state index contributed by atoms with van der Waals surface area (Å²) in [6, 6.07) is 21.9. The number of rotatable bonds is 8. The minimum absolute atomic E-state index is 0.139. The van der Waals surface area contributed by atoms with Crippen LogP contribution in [0.4, 0.5) is 5.69 Å². The molecule has 1 saturated heterocycles. The fourth-order valence-corrected chi connectivity index (χ4v) is 5.95. The van der Waals surface area contributed by atoms with Crippen molar-refractivity contribution in [2.75, 3.05) is 43.6 Å². The molecule has 1 fully saturated rings. The molecule has 0 aliphatic carbocycles. The highest BCUT2D eigenvalue weighted by Crippen LogP contribution is 2.31. The Kier molecular flexibility index (Phi) is 8.69. The molecule has 8 heteroatoms. The summed E-state index contributed by atoms with van der Waals surface area (Å²) in [5, 5.41) is 0.450. The van der Waals surface area contributed by atoms with Gasteiger partial charge < -0.3 is 4.90 Å². The van der Waals surface area contributed by atoms with Crippen LogP contribution in [0.2, 0.25) is 5.02 Å². The molecule has 4 rings (SSSR count). The van der Waals surface area contributed by atoms with Crippen molar-refractivity contribution < 1.29 is 13.2 Å². The molecule has 0 aromatic heterocycles. The number of nitrogens with zero attached hydrogens (tertiary/aromatic N) is 3. The van der Waals surface area contributed by atoms with Crippen LogP contribution in [0.5, 0.6) is 0 Å². The van der Waals surface area contributed by atoms with Crippen LogP contribution in [0.15, 0.2) is 83.8 Å². The van der Waals surface area contributed by atoms with E-state index in [2.05, 4.69) is 29.2 Å². The van der Waals surface area contributed by atoms with E-state index in [1.165, 1.54) is 4.31 Å². The first kappa shape index (κ1) is 26.9. The van der Waals surface area contributed by atoms with E-state index in [0.717, 1.165) is 30.8 Å². The maximum absolute atomic E-state index is 13.7. The summed E-state index contributed by atoms with van der Waals surface area (Å²) >= 11 is 6.33. The summed E-state index contributed by atoms with van der Waals surface area (Å²) in [4.78, 5) is 17.5. The van der Waals surface area contributed by atoms with Gasteiger partial charge in [-0.25, -0.2) is 8.42 Å². The normalized spacial score (nSPS) is 14.7. The van der Waals surface area contributed by atoms with E-state index in [1.807, 2.05) is 25.1 Å². The van der Waals surface area contributed by atoms with Crippen molar-refractivity contribution in [3.05, 3.63) is 101 Å². The van der Waals surface area contributed by atoms with Gasteiger partial charge in [-0.05, 0) is 49.2 Å². The number of hydrogen-bond donors (Lipinski definition) is 0. The van der Waals surface area contributed by atoms with Crippen molar-refractivity contribution in [1.29, 1.82) is 0 Å². The van der Waals surface area contributed by atoms with Gasteiger partial charge in [0.1, 0.15) is 6.54 Å². The minimum Gasteiger partial charge on any atom is -0.339 e. The Morgan fingerprint density at radius 3 is 2.27 bits per heavy atom. The SMILES string of the molecule is Cc1ccc(S(=O)(=O)N(CC(=O)N2CCN(C/C=C/c3ccccc3)CC2)c2cccc(Cl)c2C)cc1. The first-order valence-electron chi connectivity index (χ1n) is 12.3. The molecule has 0 N–H and O–H groups in total. The topological polar surface area (TPSA) is 60.9 Å². The quantitative estimate of drug-likeness (QED) is 0.405. The highest BCUT2D eigenvalue weighted by atomic mass is 35.5. The van der Waals surface area contributed by atoms with Gasteiger partial charge >= 0.3 is 0 Å². The van der Waals surface area contributed by atoms with Crippen molar-refractivity contribution in [1.82, 2.24) is 9.80 Å². The molecule has 0 spiro atoms. The predicted molar refractivity (Wildman–Crippen MR) is 150 cm³/mol. The molecule has 37 heavy (non-hydrogen) atoms. The van der Waals surface area contributed by atoms with Crippen LogP contribution in [0.3, 0.4) is 0 Å². The van der Waals surface area contributed by atoms with Crippen molar-refractivity contribution in [3.63, 3.8) is 0 Å². The average Bonchev–Trinajstić information content (AvgIpc) is 2.90. The van der Waals surface area contributed by atoms with Crippen molar-refractivity contribution in [2.24, 2.45) is 0 Å². The van der Waals surface area contributed by atoms with E-state index in [9.17, 15) is 13.2 Å². The highest BCUT2D eigenvalue weighted by molar-refractivity contribution is 7.92. The van der Waals surface area contributed by atoms with E-state index < -0.39 is 10.0 Å². The van der Waals surface area contributed by atoms with Crippen LogP contribution in [-0.4, -0.2) is 63.4 Å². The first-order chi connectivity index (χ1) is 17.8. The Morgan fingerprint density at radius 2 is 1.59 bits per heavy atom. The Hall–Kier alpha value is -3.13. The van der Waals surface area contributed by atoms with Crippen molar-refractivity contribution in [3.8, 4) is 0 Å². The number of carbonyl (C=O) groups is 1. The van der Waals surface area contributed by atoms with Crippen LogP contribution < -0.4 is 4.31 Å². The fourth-order valence-electron chi connectivity index (χ4n) is 4.31. The van der Waals surface area contributed by atoms with E-state index in [4.69, 9.17) is 11.6 Å². The monoisotopic (exact) mass is 537 g/mol. The second-order valence-electron chi connectivity index (χ2n) is 9.20. The molecule has 1 aliphatic heterocycles. The zero-order chi connectivity index (χ0) is 26.4. The molecule has 0 saturated carbocycles. The maximum Gasteiger partial charge on any atom is 0.264 e. The molecule has 1 amide bonds. The average molecular weight is 538 g/mol. The third-order valence-corrected chi connectivity index (χ3v) is 8.78. The summed E-state index contributed by atoms with van der Waals surface area (Å²) in [5.74, 6) is -0.227. The lowest BCUT2D eigenvalue weighted by molar-refractivity contribution is -0.131. The minimum atomic E-state index is -3.99. The molecular weight excluding hydrogens is 506 g/mol. The van der Waals surface area contributed by atoms with Gasteiger partial charge in [0.25, 0.3) is 10.0 Å². The fraction of sp³-hybridized carbons (Fsp3) is 0.276. The summed E-state index contributed by atoms with van der Waals surface area (Å²) in [7, 11) is -3.99.